The van der Waals surface area contributed by atoms with Crippen molar-refractivity contribution in [3.63, 3.8) is 0 Å². The number of nitrogens with two attached hydrogens (primary N) is 1. The summed E-state index contributed by atoms with van der Waals surface area (Å²) >= 11 is 5.98. The van der Waals surface area contributed by atoms with Gasteiger partial charge in [-0.25, -0.2) is 0 Å². The van der Waals surface area contributed by atoms with Gasteiger partial charge in [-0.2, -0.15) is 0 Å². The van der Waals surface area contributed by atoms with E-state index in [-0.39, 0.29) is 6.04 Å². The molecule has 1 aromatic rings. The Morgan fingerprint density at radius 1 is 1.46 bits per heavy atom. The van der Waals surface area contributed by atoms with Crippen molar-refractivity contribution in [2.24, 2.45) is 5.73 Å². The number of ether oxygens (including phenoxy) is 1. The van der Waals surface area contributed by atoms with Gasteiger partial charge in [-0.05, 0) is 31.5 Å². The lowest BCUT2D eigenvalue weighted by atomic mass is 10.1. The largest absolute Gasteiger partial charge is 0.496 e. The van der Waals surface area contributed by atoms with Gasteiger partial charge in [0.25, 0.3) is 0 Å². The summed E-state index contributed by atoms with van der Waals surface area (Å²) in [6.07, 6.45) is 0. The number of methoxy groups -OCH3 is 1. The predicted octanol–water partition coefficient (Wildman–Crippen LogP) is 2.68. The Labute approximate surface area is 83.6 Å². The van der Waals surface area contributed by atoms with E-state index < -0.39 is 0 Å². The van der Waals surface area contributed by atoms with Crippen LogP contribution in [0.15, 0.2) is 12.1 Å². The number of benzene rings is 1. The molecule has 0 bridgehead atoms. The maximum absolute atomic E-state index is 5.98. The van der Waals surface area contributed by atoms with Gasteiger partial charge in [-0.15, -0.1) is 0 Å². The maximum atomic E-state index is 5.98. The van der Waals surface area contributed by atoms with E-state index in [1.165, 1.54) is 0 Å². The second-order valence-electron chi connectivity index (χ2n) is 3.13. The number of rotatable bonds is 2. The van der Waals surface area contributed by atoms with E-state index >= 15 is 0 Å². The highest BCUT2D eigenvalue weighted by Crippen LogP contribution is 2.29. The van der Waals surface area contributed by atoms with Gasteiger partial charge < -0.3 is 10.5 Å². The van der Waals surface area contributed by atoms with Crippen LogP contribution in [0.2, 0.25) is 5.02 Å². The molecule has 0 aliphatic carbocycles. The van der Waals surface area contributed by atoms with Crippen LogP contribution in [0.1, 0.15) is 24.1 Å². The molecular formula is C10H14ClNO. The molecule has 0 radical (unpaired) electrons. The molecule has 1 atom stereocenters. The molecule has 0 aliphatic heterocycles. The summed E-state index contributed by atoms with van der Waals surface area (Å²) < 4.78 is 5.20. The predicted molar refractivity (Wildman–Crippen MR) is 55.3 cm³/mol. The van der Waals surface area contributed by atoms with Crippen LogP contribution < -0.4 is 10.5 Å². The third kappa shape index (κ3) is 2.14. The van der Waals surface area contributed by atoms with Gasteiger partial charge >= 0.3 is 0 Å². The van der Waals surface area contributed by atoms with Gasteiger partial charge in [0.15, 0.2) is 0 Å². The van der Waals surface area contributed by atoms with E-state index in [9.17, 15) is 0 Å². The second kappa shape index (κ2) is 3.99. The molecule has 0 spiro atoms. The fourth-order valence-corrected chi connectivity index (χ4v) is 1.38. The Bertz CT molecular complexity index is 310. The second-order valence-corrected chi connectivity index (χ2v) is 3.54. The van der Waals surface area contributed by atoms with Gasteiger partial charge in [0.05, 0.1) is 7.11 Å². The molecule has 0 fully saturated rings. The van der Waals surface area contributed by atoms with Gasteiger partial charge in [-0.3, -0.25) is 0 Å². The van der Waals surface area contributed by atoms with Crippen LogP contribution in [0.4, 0.5) is 0 Å². The van der Waals surface area contributed by atoms with Crippen molar-refractivity contribution in [2.45, 2.75) is 19.9 Å². The third-order valence-corrected chi connectivity index (χ3v) is 2.41. The van der Waals surface area contributed by atoms with Gasteiger partial charge in [0, 0.05) is 16.6 Å². The van der Waals surface area contributed by atoms with Crippen molar-refractivity contribution >= 4 is 11.6 Å². The van der Waals surface area contributed by atoms with Crippen molar-refractivity contribution in [3.8, 4) is 5.75 Å². The van der Waals surface area contributed by atoms with Gasteiger partial charge in [0.2, 0.25) is 0 Å². The zero-order valence-corrected chi connectivity index (χ0v) is 8.85. The highest BCUT2D eigenvalue weighted by molar-refractivity contribution is 6.31. The number of hydrogen-bond donors (Lipinski definition) is 1. The average Bonchev–Trinajstić information content (AvgIpc) is 2.08. The van der Waals surface area contributed by atoms with E-state index in [4.69, 9.17) is 22.1 Å². The summed E-state index contributed by atoms with van der Waals surface area (Å²) in [7, 11) is 1.63. The van der Waals surface area contributed by atoms with Crippen molar-refractivity contribution in [1.29, 1.82) is 0 Å². The molecule has 2 N–H and O–H groups in total. The van der Waals surface area contributed by atoms with Gasteiger partial charge in [0.1, 0.15) is 5.75 Å². The zero-order chi connectivity index (χ0) is 10.0. The topological polar surface area (TPSA) is 35.2 Å². The Morgan fingerprint density at radius 2 is 2.08 bits per heavy atom. The summed E-state index contributed by atoms with van der Waals surface area (Å²) in [5.41, 5.74) is 7.72. The highest BCUT2D eigenvalue weighted by atomic mass is 35.5. The smallest absolute Gasteiger partial charge is 0.123 e. The van der Waals surface area contributed by atoms with Crippen molar-refractivity contribution in [1.82, 2.24) is 0 Å². The summed E-state index contributed by atoms with van der Waals surface area (Å²) in [6, 6.07) is 3.70. The Morgan fingerprint density at radius 3 is 2.54 bits per heavy atom. The van der Waals surface area contributed by atoms with Crippen LogP contribution in [0, 0.1) is 6.92 Å². The molecule has 0 saturated carbocycles. The van der Waals surface area contributed by atoms with Crippen LogP contribution in [0.5, 0.6) is 5.75 Å². The first-order valence-corrected chi connectivity index (χ1v) is 4.53. The lowest BCUT2D eigenvalue weighted by molar-refractivity contribution is 0.406. The molecule has 13 heavy (non-hydrogen) atoms. The Balaban J connectivity index is 3.25. The molecule has 1 rings (SSSR count). The third-order valence-electron chi connectivity index (χ3n) is 2.00. The van der Waals surface area contributed by atoms with Crippen molar-refractivity contribution in [3.05, 3.63) is 28.3 Å². The van der Waals surface area contributed by atoms with E-state index in [2.05, 4.69) is 0 Å². The van der Waals surface area contributed by atoms with E-state index in [1.54, 1.807) is 7.11 Å². The molecule has 0 heterocycles. The summed E-state index contributed by atoms with van der Waals surface area (Å²) in [6.45, 7) is 3.85. The Hall–Kier alpha value is -0.730. The molecular weight excluding hydrogens is 186 g/mol. The van der Waals surface area contributed by atoms with Crippen LogP contribution in [0.3, 0.4) is 0 Å². The molecule has 0 saturated heterocycles. The summed E-state index contributed by atoms with van der Waals surface area (Å²) in [5.74, 6) is 0.803. The SMILES string of the molecule is COc1cc(C)c(Cl)cc1C(C)N. The lowest BCUT2D eigenvalue weighted by Crippen LogP contribution is -2.07. The highest BCUT2D eigenvalue weighted by Gasteiger charge is 2.09. The van der Waals surface area contributed by atoms with Crippen LogP contribution in [-0.2, 0) is 0 Å². The summed E-state index contributed by atoms with van der Waals surface area (Å²) in [5, 5.41) is 0.730. The number of hydrogen-bond acceptors (Lipinski definition) is 2. The number of aryl methyl sites for hydroxylation is 1. The molecule has 3 heteroatoms. The maximum Gasteiger partial charge on any atom is 0.123 e. The molecule has 72 valence electrons. The fraction of sp³-hybridized carbons (Fsp3) is 0.400. The lowest BCUT2D eigenvalue weighted by Gasteiger charge is -2.13. The minimum Gasteiger partial charge on any atom is -0.496 e. The first-order valence-electron chi connectivity index (χ1n) is 4.16. The van der Waals surface area contributed by atoms with Gasteiger partial charge in [-0.1, -0.05) is 11.6 Å². The van der Waals surface area contributed by atoms with E-state index in [1.807, 2.05) is 26.0 Å². The minimum absolute atomic E-state index is 0.0620. The van der Waals surface area contributed by atoms with Crippen LogP contribution in [-0.4, -0.2) is 7.11 Å². The molecule has 1 unspecified atom stereocenters. The average molecular weight is 200 g/mol. The fourth-order valence-electron chi connectivity index (χ4n) is 1.20. The molecule has 2 nitrogen and oxygen atoms in total. The Kier molecular flexibility index (Phi) is 3.17. The van der Waals surface area contributed by atoms with E-state index in [0.29, 0.717) is 0 Å². The monoisotopic (exact) mass is 199 g/mol. The minimum atomic E-state index is -0.0620. The van der Waals surface area contributed by atoms with E-state index in [0.717, 1.165) is 21.9 Å². The molecule has 0 aliphatic rings. The van der Waals surface area contributed by atoms with Crippen molar-refractivity contribution in [2.75, 3.05) is 7.11 Å². The normalized spacial score (nSPS) is 12.7. The molecule has 1 aromatic carbocycles. The molecule has 0 amide bonds. The number of halogens is 1. The quantitative estimate of drug-likeness (QED) is 0.795. The standard InChI is InChI=1S/C10H14ClNO/c1-6-4-10(13-3)8(7(2)12)5-9(6)11/h4-5,7H,12H2,1-3H3. The zero-order valence-electron chi connectivity index (χ0n) is 8.10. The first-order chi connectivity index (χ1) is 6.06. The first kappa shape index (κ1) is 10.4. The van der Waals surface area contributed by atoms with Crippen LogP contribution in [0.25, 0.3) is 0 Å². The molecule has 0 aromatic heterocycles. The van der Waals surface area contributed by atoms with Crippen LogP contribution >= 0.6 is 11.6 Å². The van der Waals surface area contributed by atoms with Crippen molar-refractivity contribution < 1.29 is 4.74 Å². The summed E-state index contributed by atoms with van der Waals surface area (Å²) in [4.78, 5) is 0.